The van der Waals surface area contributed by atoms with E-state index in [4.69, 9.17) is 21.1 Å². The Morgan fingerprint density at radius 3 is 2.76 bits per heavy atom. The fraction of sp³-hybridized carbons (Fsp3) is 0.353. The van der Waals surface area contributed by atoms with E-state index in [1.807, 2.05) is 24.3 Å². The Hall–Kier alpha value is -1.40. The van der Waals surface area contributed by atoms with Crippen molar-refractivity contribution in [3.8, 4) is 0 Å². The average Bonchev–Trinajstić information content (AvgIpc) is 3.04. The topological polar surface area (TPSA) is 55.4 Å². The molecule has 0 atom stereocenters. The van der Waals surface area contributed by atoms with E-state index >= 15 is 0 Å². The number of hydrogen-bond donors (Lipinski definition) is 2. The summed E-state index contributed by atoms with van der Waals surface area (Å²) in [5, 5.41) is 8.69. The number of hydrogen-bond acceptors (Lipinski definition) is 5. The van der Waals surface area contributed by atoms with Crippen LogP contribution in [0.3, 0.4) is 0 Å². The molecule has 1 aromatic carbocycles. The van der Waals surface area contributed by atoms with Crippen LogP contribution in [-0.4, -0.2) is 30.4 Å². The van der Waals surface area contributed by atoms with E-state index in [9.17, 15) is 0 Å². The number of aromatic nitrogens is 1. The minimum absolute atomic E-state index is 0. The summed E-state index contributed by atoms with van der Waals surface area (Å²) in [6, 6.07) is 7.71. The Labute approximate surface area is 164 Å². The van der Waals surface area contributed by atoms with Gasteiger partial charge in [-0.15, -0.1) is 24.8 Å². The van der Waals surface area contributed by atoms with Gasteiger partial charge in [0.15, 0.2) is 0 Å². The predicted octanol–water partition coefficient (Wildman–Crippen LogP) is 4.36. The molecule has 0 fully saturated rings. The molecular formula is C17H22Cl3N3O2. The lowest BCUT2D eigenvalue weighted by Gasteiger charge is -2.27. The third kappa shape index (κ3) is 5.82. The van der Waals surface area contributed by atoms with Gasteiger partial charge in [0.1, 0.15) is 12.0 Å². The number of fused-ring (bicyclic) bond motifs is 1. The number of anilines is 1. The SMILES string of the molecule is CC(C)(CNc1ccnc2cc(Cl)ccc12)NCC1=COCO1.Cl.Cl. The molecule has 0 amide bonds. The van der Waals surface area contributed by atoms with Gasteiger partial charge in [-0.1, -0.05) is 11.6 Å². The van der Waals surface area contributed by atoms with E-state index in [2.05, 4.69) is 29.5 Å². The highest BCUT2D eigenvalue weighted by atomic mass is 35.5. The van der Waals surface area contributed by atoms with Gasteiger partial charge < -0.3 is 20.1 Å². The lowest BCUT2D eigenvalue weighted by Crippen LogP contribution is -2.46. The molecule has 8 heteroatoms. The van der Waals surface area contributed by atoms with Crippen LogP contribution in [0.2, 0.25) is 5.02 Å². The second-order valence-electron chi connectivity index (χ2n) is 6.12. The van der Waals surface area contributed by atoms with E-state index < -0.39 is 0 Å². The standard InChI is InChI=1S/C17H20ClN3O2.2ClH/c1-17(2,21-8-13-9-22-11-23-13)10-20-15-5-6-19-16-7-12(18)3-4-14(15)16;;/h3-7,9,21H,8,10-11H2,1-2H3,(H,19,20);2*1H. The number of rotatable bonds is 6. The zero-order chi connectivity index (χ0) is 16.3. The van der Waals surface area contributed by atoms with Gasteiger partial charge in [0, 0.05) is 34.4 Å². The van der Waals surface area contributed by atoms with Gasteiger partial charge in [0.05, 0.1) is 12.1 Å². The quantitative estimate of drug-likeness (QED) is 0.746. The highest BCUT2D eigenvalue weighted by molar-refractivity contribution is 6.31. The number of nitrogens with zero attached hydrogens (tertiary/aromatic N) is 1. The van der Waals surface area contributed by atoms with Crippen molar-refractivity contribution in [2.45, 2.75) is 19.4 Å². The molecule has 3 rings (SSSR count). The maximum absolute atomic E-state index is 6.03. The molecule has 0 saturated carbocycles. The number of nitrogens with one attached hydrogen (secondary N) is 2. The molecule has 0 radical (unpaired) electrons. The molecule has 2 N–H and O–H groups in total. The lowest BCUT2D eigenvalue weighted by molar-refractivity contribution is 0.0780. The van der Waals surface area contributed by atoms with Gasteiger partial charge in [-0.05, 0) is 38.1 Å². The van der Waals surface area contributed by atoms with Crippen LogP contribution in [-0.2, 0) is 9.47 Å². The third-order valence-electron chi connectivity index (χ3n) is 3.69. The first-order valence-electron chi connectivity index (χ1n) is 7.50. The summed E-state index contributed by atoms with van der Waals surface area (Å²) in [4.78, 5) is 4.36. The van der Waals surface area contributed by atoms with Crippen molar-refractivity contribution >= 4 is 53.0 Å². The van der Waals surface area contributed by atoms with Crippen LogP contribution in [0.25, 0.3) is 10.9 Å². The molecule has 0 saturated heterocycles. The van der Waals surface area contributed by atoms with Crippen molar-refractivity contribution in [2.75, 3.05) is 25.2 Å². The van der Waals surface area contributed by atoms with Gasteiger partial charge in [0.25, 0.3) is 0 Å². The summed E-state index contributed by atoms with van der Waals surface area (Å²) >= 11 is 6.03. The zero-order valence-corrected chi connectivity index (χ0v) is 16.4. The maximum Gasteiger partial charge on any atom is 0.229 e. The summed E-state index contributed by atoms with van der Waals surface area (Å²) in [7, 11) is 0. The molecule has 0 unspecified atom stereocenters. The normalized spacial score (nSPS) is 13.2. The first-order chi connectivity index (χ1) is 11.0. The molecule has 138 valence electrons. The molecule has 0 spiro atoms. The van der Waals surface area contributed by atoms with Crippen molar-refractivity contribution in [3.63, 3.8) is 0 Å². The van der Waals surface area contributed by atoms with Gasteiger partial charge in [-0.25, -0.2) is 0 Å². The zero-order valence-electron chi connectivity index (χ0n) is 14.0. The van der Waals surface area contributed by atoms with Crippen LogP contribution in [0.1, 0.15) is 13.8 Å². The molecule has 2 aromatic rings. The smallest absolute Gasteiger partial charge is 0.229 e. The summed E-state index contributed by atoms with van der Waals surface area (Å²) in [6.45, 7) is 5.97. The maximum atomic E-state index is 6.03. The minimum atomic E-state index is -0.116. The van der Waals surface area contributed by atoms with Crippen LogP contribution in [0.5, 0.6) is 0 Å². The first-order valence-corrected chi connectivity index (χ1v) is 7.88. The average molecular weight is 407 g/mol. The second-order valence-corrected chi connectivity index (χ2v) is 6.56. The summed E-state index contributed by atoms with van der Waals surface area (Å²) in [5.74, 6) is 0.821. The van der Waals surface area contributed by atoms with Crippen molar-refractivity contribution < 1.29 is 9.47 Å². The summed E-state index contributed by atoms with van der Waals surface area (Å²) in [5.41, 5.74) is 1.81. The monoisotopic (exact) mass is 405 g/mol. The largest absolute Gasteiger partial charge is 0.462 e. The molecule has 5 nitrogen and oxygen atoms in total. The molecule has 2 heterocycles. The minimum Gasteiger partial charge on any atom is -0.462 e. The molecular weight excluding hydrogens is 385 g/mol. The summed E-state index contributed by atoms with van der Waals surface area (Å²) in [6.07, 6.45) is 3.44. The van der Waals surface area contributed by atoms with Crippen molar-refractivity contribution in [1.29, 1.82) is 0 Å². The first kappa shape index (κ1) is 21.6. The lowest BCUT2D eigenvalue weighted by atomic mass is 10.1. The molecule has 1 aromatic heterocycles. The van der Waals surface area contributed by atoms with Crippen LogP contribution >= 0.6 is 36.4 Å². The van der Waals surface area contributed by atoms with Crippen LogP contribution in [0.4, 0.5) is 5.69 Å². The van der Waals surface area contributed by atoms with Gasteiger partial charge in [0.2, 0.25) is 6.79 Å². The predicted molar refractivity (Wildman–Crippen MR) is 107 cm³/mol. The van der Waals surface area contributed by atoms with Crippen molar-refractivity contribution in [3.05, 3.63) is 47.5 Å². The molecule has 1 aliphatic rings. The fourth-order valence-electron chi connectivity index (χ4n) is 2.34. The third-order valence-corrected chi connectivity index (χ3v) is 3.93. The van der Waals surface area contributed by atoms with Gasteiger partial charge in [-0.3, -0.25) is 4.98 Å². The van der Waals surface area contributed by atoms with E-state index in [1.54, 1.807) is 12.5 Å². The highest BCUT2D eigenvalue weighted by Crippen LogP contribution is 2.24. The van der Waals surface area contributed by atoms with Crippen LogP contribution in [0, 0.1) is 0 Å². The highest BCUT2D eigenvalue weighted by Gasteiger charge is 2.19. The van der Waals surface area contributed by atoms with E-state index in [0.29, 0.717) is 18.4 Å². The van der Waals surface area contributed by atoms with Crippen LogP contribution in [0.15, 0.2) is 42.5 Å². The Bertz CT molecular complexity index is 738. The molecule has 0 bridgehead atoms. The number of pyridine rings is 1. The number of ether oxygens (including phenoxy) is 2. The van der Waals surface area contributed by atoms with Crippen molar-refractivity contribution in [1.82, 2.24) is 10.3 Å². The van der Waals surface area contributed by atoms with E-state index in [-0.39, 0.29) is 30.4 Å². The fourth-order valence-corrected chi connectivity index (χ4v) is 2.51. The second kappa shape index (κ2) is 9.34. The molecule has 1 aliphatic heterocycles. The summed E-state index contributed by atoms with van der Waals surface area (Å²) < 4.78 is 10.4. The number of halogens is 3. The van der Waals surface area contributed by atoms with Crippen LogP contribution < -0.4 is 10.6 Å². The van der Waals surface area contributed by atoms with Gasteiger partial charge >= 0.3 is 0 Å². The Kier molecular flexibility index (Phi) is 8.09. The molecule has 0 aliphatic carbocycles. The van der Waals surface area contributed by atoms with Crippen molar-refractivity contribution in [2.24, 2.45) is 0 Å². The van der Waals surface area contributed by atoms with Gasteiger partial charge in [-0.2, -0.15) is 0 Å². The Morgan fingerprint density at radius 1 is 1.24 bits per heavy atom. The van der Waals surface area contributed by atoms with E-state index in [0.717, 1.165) is 28.9 Å². The number of benzene rings is 1. The molecule has 25 heavy (non-hydrogen) atoms. The van der Waals surface area contributed by atoms with E-state index in [1.165, 1.54) is 0 Å². The Balaban J connectivity index is 0.00000156. The Morgan fingerprint density at radius 2 is 2.04 bits per heavy atom.